The van der Waals surface area contributed by atoms with Crippen LogP contribution in [0.15, 0.2) is 12.1 Å². The van der Waals surface area contributed by atoms with Gasteiger partial charge in [-0.25, -0.2) is 0 Å². The van der Waals surface area contributed by atoms with Gasteiger partial charge in [0.15, 0.2) is 11.5 Å². The van der Waals surface area contributed by atoms with Crippen LogP contribution >= 0.6 is 11.6 Å². The van der Waals surface area contributed by atoms with E-state index < -0.39 is 0 Å². The van der Waals surface area contributed by atoms with E-state index in [1.807, 2.05) is 12.1 Å². The Morgan fingerprint density at radius 2 is 2.00 bits per heavy atom. The normalized spacial score (nSPS) is 20.4. The van der Waals surface area contributed by atoms with Crippen LogP contribution in [0.4, 0.5) is 0 Å². The molecule has 15 heavy (non-hydrogen) atoms. The van der Waals surface area contributed by atoms with E-state index in [0.717, 1.165) is 24.2 Å². The average Bonchev–Trinajstić information content (AvgIpc) is 2.88. The standard InChI is InChI=1S/C11H12ClNO2/c12-8-2-1-7(11(5-13)3-4-11)9-10(8)15-6-14-9/h1-2H,3-6,13H2. The van der Waals surface area contributed by atoms with Crippen molar-refractivity contribution in [1.29, 1.82) is 0 Å². The fourth-order valence-corrected chi connectivity index (χ4v) is 2.32. The predicted octanol–water partition coefficient (Wildman–Crippen LogP) is 2.06. The first kappa shape index (κ1) is 9.31. The van der Waals surface area contributed by atoms with Gasteiger partial charge in [0.05, 0.1) is 5.02 Å². The SMILES string of the molecule is NCC1(c2ccc(Cl)c3c2OCO3)CC1. The summed E-state index contributed by atoms with van der Waals surface area (Å²) in [6, 6.07) is 3.87. The Morgan fingerprint density at radius 3 is 2.67 bits per heavy atom. The van der Waals surface area contributed by atoms with Crippen molar-refractivity contribution in [1.82, 2.24) is 0 Å². The lowest BCUT2D eigenvalue weighted by Gasteiger charge is -2.15. The van der Waals surface area contributed by atoms with Gasteiger partial charge in [-0.2, -0.15) is 0 Å². The van der Waals surface area contributed by atoms with Crippen molar-refractivity contribution in [2.45, 2.75) is 18.3 Å². The Hall–Kier alpha value is -0.930. The molecule has 1 aliphatic carbocycles. The monoisotopic (exact) mass is 225 g/mol. The van der Waals surface area contributed by atoms with Crippen molar-refractivity contribution in [2.75, 3.05) is 13.3 Å². The van der Waals surface area contributed by atoms with Crippen molar-refractivity contribution >= 4 is 11.6 Å². The number of benzene rings is 1. The van der Waals surface area contributed by atoms with Crippen LogP contribution in [-0.4, -0.2) is 13.3 Å². The zero-order valence-electron chi connectivity index (χ0n) is 8.25. The fraction of sp³-hybridized carbons (Fsp3) is 0.455. The Labute approximate surface area is 93.1 Å². The largest absolute Gasteiger partial charge is 0.453 e. The number of ether oxygens (including phenoxy) is 2. The van der Waals surface area contributed by atoms with Crippen molar-refractivity contribution in [3.8, 4) is 11.5 Å². The first-order valence-electron chi connectivity index (χ1n) is 5.05. The lowest BCUT2D eigenvalue weighted by Crippen LogP contribution is -2.20. The smallest absolute Gasteiger partial charge is 0.231 e. The molecule has 3 nitrogen and oxygen atoms in total. The Kier molecular flexibility index (Phi) is 1.88. The molecule has 1 aliphatic heterocycles. The van der Waals surface area contributed by atoms with E-state index in [9.17, 15) is 0 Å². The maximum atomic E-state index is 6.02. The molecule has 0 bridgehead atoms. The molecule has 2 aliphatic rings. The van der Waals surface area contributed by atoms with Crippen molar-refractivity contribution in [3.05, 3.63) is 22.7 Å². The summed E-state index contributed by atoms with van der Waals surface area (Å²) >= 11 is 6.02. The molecule has 0 aromatic heterocycles. The number of halogens is 1. The van der Waals surface area contributed by atoms with Gasteiger partial charge in [-0.05, 0) is 18.9 Å². The van der Waals surface area contributed by atoms with E-state index in [2.05, 4.69) is 0 Å². The van der Waals surface area contributed by atoms with Crippen LogP contribution in [0.3, 0.4) is 0 Å². The van der Waals surface area contributed by atoms with Gasteiger partial charge in [-0.1, -0.05) is 17.7 Å². The van der Waals surface area contributed by atoms with Crippen LogP contribution in [0.25, 0.3) is 0 Å². The molecule has 0 saturated heterocycles. The van der Waals surface area contributed by atoms with Gasteiger partial charge in [0.25, 0.3) is 0 Å². The third-order valence-corrected chi connectivity index (χ3v) is 3.58. The van der Waals surface area contributed by atoms with Gasteiger partial charge in [0, 0.05) is 17.5 Å². The van der Waals surface area contributed by atoms with Gasteiger partial charge in [0.1, 0.15) is 0 Å². The third-order valence-electron chi connectivity index (χ3n) is 3.29. The highest BCUT2D eigenvalue weighted by molar-refractivity contribution is 6.32. The van der Waals surface area contributed by atoms with Crippen LogP contribution in [0, 0.1) is 0 Å². The highest BCUT2D eigenvalue weighted by Crippen LogP contribution is 2.54. The minimum Gasteiger partial charge on any atom is -0.453 e. The number of nitrogens with two attached hydrogens (primary N) is 1. The zero-order chi connectivity index (χ0) is 10.5. The van der Waals surface area contributed by atoms with Crippen molar-refractivity contribution < 1.29 is 9.47 Å². The van der Waals surface area contributed by atoms with Crippen LogP contribution in [0.1, 0.15) is 18.4 Å². The first-order valence-corrected chi connectivity index (χ1v) is 5.43. The molecule has 2 N–H and O–H groups in total. The van der Waals surface area contributed by atoms with Gasteiger partial charge in [-0.3, -0.25) is 0 Å². The molecule has 1 heterocycles. The lowest BCUT2D eigenvalue weighted by molar-refractivity contribution is 0.173. The molecule has 0 atom stereocenters. The molecular formula is C11H12ClNO2. The molecule has 3 rings (SSSR count). The van der Waals surface area contributed by atoms with E-state index in [0.29, 0.717) is 17.3 Å². The van der Waals surface area contributed by atoms with E-state index in [4.69, 9.17) is 26.8 Å². The summed E-state index contributed by atoms with van der Waals surface area (Å²) in [4.78, 5) is 0. The summed E-state index contributed by atoms with van der Waals surface area (Å²) in [5.41, 5.74) is 7.07. The molecular weight excluding hydrogens is 214 g/mol. The highest BCUT2D eigenvalue weighted by atomic mass is 35.5. The van der Waals surface area contributed by atoms with E-state index in [1.165, 1.54) is 0 Å². The molecule has 1 aromatic rings. The topological polar surface area (TPSA) is 44.5 Å². The Balaban J connectivity index is 2.14. The maximum absolute atomic E-state index is 6.02. The fourth-order valence-electron chi connectivity index (χ4n) is 2.12. The second kappa shape index (κ2) is 3.03. The highest BCUT2D eigenvalue weighted by Gasteiger charge is 2.46. The number of fused-ring (bicyclic) bond motifs is 1. The first-order chi connectivity index (χ1) is 7.27. The van der Waals surface area contributed by atoms with Gasteiger partial charge < -0.3 is 15.2 Å². The second-order valence-corrected chi connectivity index (χ2v) is 4.55. The van der Waals surface area contributed by atoms with Crippen LogP contribution in [0.5, 0.6) is 11.5 Å². The summed E-state index contributed by atoms with van der Waals surface area (Å²) in [5, 5.41) is 0.610. The molecule has 80 valence electrons. The van der Waals surface area contributed by atoms with Gasteiger partial charge >= 0.3 is 0 Å². The average molecular weight is 226 g/mol. The second-order valence-electron chi connectivity index (χ2n) is 4.14. The molecule has 0 unspecified atom stereocenters. The summed E-state index contributed by atoms with van der Waals surface area (Å²) in [6.07, 6.45) is 2.25. The van der Waals surface area contributed by atoms with E-state index in [1.54, 1.807) is 0 Å². The third kappa shape index (κ3) is 1.23. The van der Waals surface area contributed by atoms with Crippen LogP contribution < -0.4 is 15.2 Å². The Morgan fingerprint density at radius 1 is 1.27 bits per heavy atom. The summed E-state index contributed by atoms with van der Waals surface area (Å²) in [7, 11) is 0. The summed E-state index contributed by atoms with van der Waals surface area (Å²) in [6.45, 7) is 0.914. The van der Waals surface area contributed by atoms with Crippen LogP contribution in [-0.2, 0) is 5.41 Å². The number of hydrogen-bond donors (Lipinski definition) is 1. The molecule has 1 fully saturated rings. The molecule has 4 heteroatoms. The number of rotatable bonds is 2. The molecule has 0 spiro atoms. The summed E-state index contributed by atoms with van der Waals surface area (Å²) < 4.78 is 10.8. The predicted molar refractivity (Wildman–Crippen MR) is 57.5 cm³/mol. The summed E-state index contributed by atoms with van der Waals surface area (Å²) in [5.74, 6) is 1.47. The van der Waals surface area contributed by atoms with E-state index in [-0.39, 0.29) is 12.2 Å². The van der Waals surface area contributed by atoms with E-state index >= 15 is 0 Å². The molecule has 0 amide bonds. The zero-order valence-corrected chi connectivity index (χ0v) is 9.01. The Bertz CT molecular complexity index is 415. The molecule has 0 radical (unpaired) electrons. The minimum atomic E-state index is 0.113. The quantitative estimate of drug-likeness (QED) is 0.838. The van der Waals surface area contributed by atoms with Gasteiger partial charge in [-0.15, -0.1) is 0 Å². The van der Waals surface area contributed by atoms with Gasteiger partial charge in [0.2, 0.25) is 6.79 Å². The van der Waals surface area contributed by atoms with Crippen molar-refractivity contribution in [2.24, 2.45) is 5.73 Å². The van der Waals surface area contributed by atoms with Crippen molar-refractivity contribution in [3.63, 3.8) is 0 Å². The molecule has 1 aromatic carbocycles. The maximum Gasteiger partial charge on any atom is 0.231 e. The lowest BCUT2D eigenvalue weighted by atomic mass is 9.95. The molecule has 1 saturated carbocycles. The van der Waals surface area contributed by atoms with Crippen LogP contribution in [0.2, 0.25) is 5.02 Å². The number of hydrogen-bond acceptors (Lipinski definition) is 3. The minimum absolute atomic E-state index is 0.113.